The van der Waals surface area contributed by atoms with Crippen molar-refractivity contribution in [3.63, 3.8) is 0 Å². The number of hydrogen-bond acceptors (Lipinski definition) is 15. The SMILES string of the molecule is CC1(C)CCC2(CC1)C[C@@H](C(=O)CC1CCC(c3n[nH]c(=O)o3)CC1)[C@H](c1ccnc(Cl)c1F)[C@]21C(=O)Nc2nc(Cl)ccc21.CC1(C)CCC2(CC1)C[C@@H](C(=O)O)[C@H](c1ccnc(Cl)c1F)C21C(=O)Nc2nc(Cl)ccc21.NC1CCC(c2n[nH]c(=O)o2)CC1. The van der Waals surface area contributed by atoms with Gasteiger partial charge in [-0.15, -0.1) is 10.2 Å². The number of rotatable bonds is 8. The lowest BCUT2D eigenvalue weighted by atomic mass is 9.51. The molecule has 2 aliphatic heterocycles. The average molecular weight is 1330 g/mol. The number of aromatic amines is 2. The Kier molecular flexibility index (Phi) is 17.4. The maximum atomic E-state index is 16.1. The minimum Gasteiger partial charge on any atom is -0.481 e. The van der Waals surface area contributed by atoms with Crippen molar-refractivity contribution in [2.24, 2.45) is 45.1 Å². The van der Waals surface area contributed by atoms with E-state index in [0.29, 0.717) is 66.3 Å². The molecule has 0 bridgehead atoms. The van der Waals surface area contributed by atoms with Crippen molar-refractivity contribution in [3.05, 3.63) is 136 Å². The second-order valence-corrected chi connectivity index (χ2v) is 29.8. The summed E-state index contributed by atoms with van der Waals surface area (Å²) in [6, 6.07) is 10.2. The monoisotopic (exact) mass is 1330 g/mol. The van der Waals surface area contributed by atoms with Gasteiger partial charge in [0, 0.05) is 65.6 Å². The molecule has 4 spiro atoms. The Labute approximate surface area is 543 Å². The largest absolute Gasteiger partial charge is 0.481 e. The van der Waals surface area contributed by atoms with Crippen molar-refractivity contribution in [2.45, 2.75) is 190 Å². The number of carboxylic acids is 1. The van der Waals surface area contributed by atoms with Crippen LogP contribution in [0.2, 0.25) is 20.6 Å². The van der Waals surface area contributed by atoms with Crippen molar-refractivity contribution < 1.29 is 41.9 Å². The lowest BCUT2D eigenvalue weighted by Gasteiger charge is -2.50. The molecule has 1 unspecified atom stereocenters. The molecule has 2 amide bonds. The first-order chi connectivity index (χ1) is 43.2. The fraction of sp³-hybridized carbons (Fsp3) is 0.569. The molecule has 7 N–H and O–H groups in total. The normalized spacial score (nSPS) is 29.6. The number of nitrogens with zero attached hydrogens (tertiary/aromatic N) is 6. The van der Waals surface area contributed by atoms with Crippen LogP contribution in [0.15, 0.2) is 67.2 Å². The highest BCUT2D eigenvalue weighted by molar-refractivity contribution is 6.30. The van der Waals surface area contributed by atoms with Crippen LogP contribution in [0.5, 0.6) is 0 Å². The number of carboxylic acid groups (broad SMARTS) is 1. The minimum absolute atomic E-state index is 0.0257. The zero-order valence-electron chi connectivity index (χ0n) is 50.9. The first-order valence-corrected chi connectivity index (χ1v) is 32.9. The van der Waals surface area contributed by atoms with Gasteiger partial charge >= 0.3 is 17.5 Å². The van der Waals surface area contributed by atoms with Crippen LogP contribution in [-0.4, -0.2) is 75.0 Å². The molecule has 14 rings (SSSR count). The number of carbonyl (C=O) groups excluding carboxylic acids is 3. The predicted molar refractivity (Wildman–Crippen MR) is 334 cm³/mol. The Morgan fingerprint density at radius 1 is 0.593 bits per heavy atom. The number of hydrogen-bond donors (Lipinski definition) is 6. The summed E-state index contributed by atoms with van der Waals surface area (Å²) in [5, 5.41) is 28.4. The van der Waals surface area contributed by atoms with Gasteiger partial charge in [-0.2, -0.15) is 0 Å². The van der Waals surface area contributed by atoms with Crippen molar-refractivity contribution in [1.29, 1.82) is 0 Å². The van der Waals surface area contributed by atoms with E-state index in [9.17, 15) is 33.9 Å². The average Bonchev–Trinajstić information content (AvgIpc) is 1.52. The highest BCUT2D eigenvalue weighted by atomic mass is 35.5. The van der Waals surface area contributed by atoms with Gasteiger partial charge in [0.2, 0.25) is 23.6 Å². The Hall–Kier alpha value is -6.46. The summed E-state index contributed by atoms with van der Waals surface area (Å²) in [5.74, 6) is -5.47. The standard InChI is InChI=1S/C33H36Cl2FN5O4.C24H24Cl2FN3O3.C8H13N3O2/c1-31(2)10-12-32(13-11-31)16-20(22(42)15-17-3-5-18(6-4-17)28-40-41-30(44)45-28)24(19-9-14-37-26(35)25(19)36)33(32)21-7-8-23(34)38-27(21)39-29(33)43;1-22(2)6-8-23(9-7-22)11-13(20(31)32)16(12-5-10-28-18(26)17(12)27)24(23)14-3-4-15(25)29-19(14)30-21(24)33;9-6-3-1-5(2-4-6)7-10-11-8(12)13-7/h7-9,14,17-18,20,24H,3-6,10-13,15-16H2,1-2H3,(H,41,44)(H,38,39,43);3-5,10,13,16H,6-9,11H2,1-2H3,(H,31,32)(H,29,30,33);5-6H,1-4,9H2,(H,11,12)/t17?,18?,20-,24-,33+;13-,16+,24?;/m01./s1. The number of Topliss-reactive ketones (excluding diaryl/α,β-unsaturated/α-hetero) is 1. The number of nitrogens with one attached hydrogen (secondary N) is 4. The highest BCUT2D eigenvalue weighted by Crippen LogP contribution is 2.74. The van der Waals surface area contributed by atoms with Crippen molar-refractivity contribution in [2.75, 3.05) is 10.6 Å². The van der Waals surface area contributed by atoms with Crippen LogP contribution in [0.3, 0.4) is 0 Å². The number of halogens is 6. The Morgan fingerprint density at radius 3 is 1.41 bits per heavy atom. The molecule has 8 heterocycles. The molecule has 0 radical (unpaired) electrons. The summed E-state index contributed by atoms with van der Waals surface area (Å²) >= 11 is 24.7. The van der Waals surface area contributed by atoms with Crippen molar-refractivity contribution >= 4 is 81.6 Å². The summed E-state index contributed by atoms with van der Waals surface area (Å²) in [6.07, 6.45) is 17.0. The summed E-state index contributed by atoms with van der Waals surface area (Å²) in [5.41, 5.74) is 3.68. The molecule has 26 heteroatoms. The van der Waals surface area contributed by atoms with Crippen LogP contribution in [0.25, 0.3) is 0 Å². The molecule has 6 atom stereocenters. The maximum Gasteiger partial charge on any atom is 0.434 e. The van der Waals surface area contributed by atoms with Crippen LogP contribution in [0.1, 0.15) is 207 Å². The molecular formula is C65H73Cl4F2N11O9. The molecule has 6 aromatic rings. The first-order valence-electron chi connectivity index (χ1n) is 31.4. The van der Waals surface area contributed by atoms with Gasteiger partial charge in [-0.05, 0) is 179 Å². The molecule has 0 saturated heterocycles. The molecule has 91 heavy (non-hydrogen) atoms. The summed E-state index contributed by atoms with van der Waals surface area (Å²) in [4.78, 5) is 94.5. The number of H-pyrrole nitrogens is 2. The molecule has 6 fully saturated rings. The van der Waals surface area contributed by atoms with Crippen LogP contribution in [0, 0.1) is 51.0 Å². The topological polar surface area (TPSA) is 308 Å². The van der Waals surface area contributed by atoms with E-state index >= 15 is 8.78 Å². The van der Waals surface area contributed by atoms with Crippen LogP contribution < -0.4 is 27.9 Å². The van der Waals surface area contributed by atoms with Gasteiger partial charge in [0.15, 0.2) is 21.9 Å². The summed E-state index contributed by atoms with van der Waals surface area (Å²) in [6.45, 7) is 8.83. The number of nitrogens with two attached hydrogens (primary N) is 1. The number of carbonyl (C=O) groups is 4. The molecule has 6 saturated carbocycles. The van der Waals surface area contributed by atoms with Crippen molar-refractivity contribution in [3.8, 4) is 0 Å². The number of aromatic nitrogens is 8. The van der Waals surface area contributed by atoms with Crippen LogP contribution in [0.4, 0.5) is 20.4 Å². The third-order valence-corrected chi connectivity index (χ3v) is 23.3. The van der Waals surface area contributed by atoms with Crippen molar-refractivity contribution in [1.82, 2.24) is 40.3 Å². The van der Waals surface area contributed by atoms with Gasteiger partial charge in [-0.1, -0.05) is 86.2 Å². The van der Waals surface area contributed by atoms with Gasteiger partial charge in [0.1, 0.15) is 27.7 Å². The zero-order chi connectivity index (χ0) is 64.7. The van der Waals surface area contributed by atoms with E-state index in [0.717, 1.165) is 89.9 Å². The third kappa shape index (κ3) is 11.3. The smallest absolute Gasteiger partial charge is 0.434 e. The van der Waals surface area contributed by atoms with Gasteiger partial charge in [0.25, 0.3) is 0 Å². The molecule has 484 valence electrons. The molecular weight excluding hydrogens is 1260 g/mol. The Balaban J connectivity index is 0.000000151. The minimum atomic E-state index is -1.31. The molecule has 6 aliphatic carbocycles. The number of fused-ring (bicyclic) bond motifs is 6. The molecule has 0 aromatic carbocycles. The first kappa shape index (κ1) is 64.6. The summed E-state index contributed by atoms with van der Waals surface area (Å²) in [7, 11) is 0. The van der Waals surface area contributed by atoms with Gasteiger partial charge < -0.3 is 30.3 Å². The van der Waals surface area contributed by atoms with E-state index in [-0.39, 0.29) is 84.3 Å². The molecule has 8 aliphatic rings. The van der Waals surface area contributed by atoms with Crippen LogP contribution >= 0.6 is 46.4 Å². The van der Waals surface area contributed by atoms with E-state index in [1.54, 1.807) is 24.3 Å². The van der Waals surface area contributed by atoms with Gasteiger partial charge in [-0.3, -0.25) is 19.2 Å². The Bertz CT molecular complexity index is 3930. The zero-order valence-corrected chi connectivity index (χ0v) is 53.9. The van der Waals surface area contributed by atoms with Gasteiger partial charge in [-0.25, -0.2) is 48.5 Å². The number of ketones is 1. The fourth-order valence-electron chi connectivity index (χ4n) is 17.7. The highest BCUT2D eigenvalue weighted by Gasteiger charge is 2.75. The van der Waals surface area contributed by atoms with E-state index in [2.05, 4.69) is 78.7 Å². The maximum absolute atomic E-state index is 16.1. The second-order valence-electron chi connectivity index (χ2n) is 28.3. The summed E-state index contributed by atoms with van der Waals surface area (Å²) < 4.78 is 41.6. The lowest BCUT2D eigenvalue weighted by molar-refractivity contribution is -0.142. The van der Waals surface area contributed by atoms with E-state index in [1.165, 1.54) is 18.5 Å². The number of amides is 2. The third-order valence-electron chi connectivity index (χ3n) is 22.4. The quantitative estimate of drug-likeness (QED) is 0.0772. The lowest BCUT2D eigenvalue weighted by Crippen LogP contribution is -2.52. The van der Waals surface area contributed by atoms with E-state index < -0.39 is 74.4 Å². The van der Waals surface area contributed by atoms with E-state index in [4.69, 9.17) is 61.0 Å². The number of aliphatic carboxylic acids is 1. The van der Waals surface area contributed by atoms with Crippen LogP contribution in [-0.2, 0) is 30.0 Å². The number of pyridine rings is 4. The van der Waals surface area contributed by atoms with E-state index in [1.807, 2.05) is 6.07 Å². The molecule has 6 aromatic heterocycles. The Morgan fingerprint density at radius 2 is 1.00 bits per heavy atom. The number of anilines is 2. The molecule has 20 nitrogen and oxygen atoms in total. The van der Waals surface area contributed by atoms with Gasteiger partial charge in [0.05, 0.1) is 16.7 Å². The second kappa shape index (κ2) is 24.5. The fourth-order valence-corrected chi connectivity index (χ4v) is 18.3. The predicted octanol–water partition coefficient (Wildman–Crippen LogP) is 13.0.